The molecule has 1 saturated heterocycles. The van der Waals surface area contributed by atoms with Crippen molar-refractivity contribution in [3.05, 3.63) is 0 Å². The number of hydrogen-bond donors (Lipinski definition) is 2. The van der Waals surface area contributed by atoms with Crippen molar-refractivity contribution >= 4 is 0 Å². The monoisotopic (exact) mass is 199 g/mol. The molecule has 0 amide bonds. The summed E-state index contributed by atoms with van der Waals surface area (Å²) in [6.45, 7) is 11.6. The quantitative estimate of drug-likeness (QED) is 0.616. The summed E-state index contributed by atoms with van der Waals surface area (Å²) in [5, 5.41) is 6.85. The third-order valence-corrected chi connectivity index (χ3v) is 2.94. The van der Waals surface area contributed by atoms with Gasteiger partial charge in [-0.05, 0) is 32.9 Å². The number of hydrogen-bond acceptors (Lipinski definition) is 3. The minimum atomic E-state index is 0.737. The van der Waals surface area contributed by atoms with E-state index in [1.807, 2.05) is 0 Å². The molecule has 84 valence electrons. The van der Waals surface area contributed by atoms with E-state index in [-0.39, 0.29) is 0 Å². The van der Waals surface area contributed by atoms with E-state index in [2.05, 4.69) is 29.4 Å². The molecule has 3 heteroatoms. The van der Waals surface area contributed by atoms with Crippen molar-refractivity contribution in [1.82, 2.24) is 15.5 Å². The molecule has 0 bridgehead atoms. The van der Waals surface area contributed by atoms with Gasteiger partial charge in [0, 0.05) is 32.2 Å². The third-order valence-electron chi connectivity index (χ3n) is 2.94. The lowest BCUT2D eigenvalue weighted by atomic mass is 10.2. The second kappa shape index (κ2) is 7.21. The normalized spacial score (nSPS) is 21.0. The Labute approximate surface area is 88.2 Å². The van der Waals surface area contributed by atoms with Gasteiger partial charge < -0.3 is 10.6 Å². The van der Waals surface area contributed by atoms with E-state index in [9.17, 15) is 0 Å². The van der Waals surface area contributed by atoms with E-state index < -0.39 is 0 Å². The highest BCUT2D eigenvalue weighted by molar-refractivity contribution is 4.73. The standard InChI is InChI=1S/C11H25N3/c1-3-5-12-6-4-11(2)14-9-7-13-8-10-14/h11-13H,3-10H2,1-2H3. The summed E-state index contributed by atoms with van der Waals surface area (Å²) in [5.74, 6) is 0. The summed E-state index contributed by atoms with van der Waals surface area (Å²) in [4.78, 5) is 2.59. The molecule has 2 N–H and O–H groups in total. The van der Waals surface area contributed by atoms with E-state index in [1.54, 1.807) is 0 Å². The average molecular weight is 199 g/mol. The Bertz CT molecular complexity index is 132. The summed E-state index contributed by atoms with van der Waals surface area (Å²) in [7, 11) is 0. The summed E-state index contributed by atoms with van der Waals surface area (Å²) >= 11 is 0. The fraction of sp³-hybridized carbons (Fsp3) is 1.00. The maximum atomic E-state index is 3.46. The molecule has 3 nitrogen and oxygen atoms in total. The third kappa shape index (κ3) is 4.40. The summed E-state index contributed by atoms with van der Waals surface area (Å²) in [5.41, 5.74) is 0. The van der Waals surface area contributed by atoms with Gasteiger partial charge in [-0.1, -0.05) is 6.92 Å². The molecule has 0 saturated carbocycles. The van der Waals surface area contributed by atoms with Crippen molar-refractivity contribution in [2.45, 2.75) is 32.7 Å². The van der Waals surface area contributed by atoms with Crippen LogP contribution in [0.4, 0.5) is 0 Å². The molecule has 1 rings (SSSR count). The first-order valence-electron chi connectivity index (χ1n) is 6.00. The van der Waals surface area contributed by atoms with Crippen molar-refractivity contribution in [3.63, 3.8) is 0 Å². The van der Waals surface area contributed by atoms with Gasteiger partial charge in [0.25, 0.3) is 0 Å². The SMILES string of the molecule is CCCNCCC(C)N1CCNCC1. The first kappa shape index (κ1) is 12.0. The van der Waals surface area contributed by atoms with Crippen LogP contribution >= 0.6 is 0 Å². The predicted molar refractivity (Wildman–Crippen MR) is 61.7 cm³/mol. The average Bonchev–Trinajstić information content (AvgIpc) is 2.25. The zero-order chi connectivity index (χ0) is 10.2. The van der Waals surface area contributed by atoms with Crippen LogP contribution in [0.15, 0.2) is 0 Å². The molecular formula is C11H25N3. The second-order valence-electron chi connectivity index (χ2n) is 4.17. The molecule has 1 unspecified atom stereocenters. The predicted octanol–water partition coefficient (Wildman–Crippen LogP) is 0.670. The Morgan fingerprint density at radius 2 is 2.00 bits per heavy atom. The number of piperazine rings is 1. The molecule has 1 aliphatic heterocycles. The van der Waals surface area contributed by atoms with Crippen LogP contribution in [0.2, 0.25) is 0 Å². The van der Waals surface area contributed by atoms with Crippen molar-refractivity contribution in [3.8, 4) is 0 Å². The molecule has 0 aromatic rings. The molecule has 1 fully saturated rings. The second-order valence-corrected chi connectivity index (χ2v) is 4.17. The molecule has 0 aromatic carbocycles. The number of nitrogens with one attached hydrogen (secondary N) is 2. The number of rotatable bonds is 6. The van der Waals surface area contributed by atoms with Crippen LogP contribution in [0.3, 0.4) is 0 Å². The first-order chi connectivity index (χ1) is 6.84. The molecule has 0 radical (unpaired) electrons. The van der Waals surface area contributed by atoms with E-state index in [1.165, 1.54) is 32.5 Å². The summed E-state index contributed by atoms with van der Waals surface area (Å²) < 4.78 is 0. The van der Waals surface area contributed by atoms with Gasteiger partial charge in [0.1, 0.15) is 0 Å². The van der Waals surface area contributed by atoms with Crippen molar-refractivity contribution in [2.24, 2.45) is 0 Å². The maximum absolute atomic E-state index is 3.46. The van der Waals surface area contributed by atoms with Crippen LogP contribution in [0, 0.1) is 0 Å². The van der Waals surface area contributed by atoms with Gasteiger partial charge in [0.15, 0.2) is 0 Å². The zero-order valence-electron chi connectivity index (χ0n) is 9.68. The van der Waals surface area contributed by atoms with Gasteiger partial charge in [-0.2, -0.15) is 0 Å². The maximum Gasteiger partial charge on any atom is 0.0110 e. The van der Waals surface area contributed by atoms with Gasteiger partial charge >= 0.3 is 0 Å². The lowest BCUT2D eigenvalue weighted by Crippen LogP contribution is -2.48. The molecule has 0 spiro atoms. The van der Waals surface area contributed by atoms with Crippen LogP contribution < -0.4 is 10.6 Å². The van der Waals surface area contributed by atoms with E-state index in [0.717, 1.165) is 25.7 Å². The first-order valence-corrected chi connectivity index (χ1v) is 6.00. The number of nitrogens with zero attached hydrogens (tertiary/aromatic N) is 1. The van der Waals surface area contributed by atoms with Gasteiger partial charge in [0.05, 0.1) is 0 Å². The lowest BCUT2D eigenvalue weighted by Gasteiger charge is -2.32. The minimum Gasteiger partial charge on any atom is -0.317 e. The van der Waals surface area contributed by atoms with Crippen molar-refractivity contribution < 1.29 is 0 Å². The smallest absolute Gasteiger partial charge is 0.0110 e. The summed E-state index contributed by atoms with van der Waals surface area (Å²) in [6.07, 6.45) is 2.52. The van der Waals surface area contributed by atoms with E-state index >= 15 is 0 Å². The highest BCUT2D eigenvalue weighted by Crippen LogP contribution is 2.03. The van der Waals surface area contributed by atoms with Gasteiger partial charge in [0.2, 0.25) is 0 Å². The van der Waals surface area contributed by atoms with Crippen LogP contribution in [0.1, 0.15) is 26.7 Å². The largest absolute Gasteiger partial charge is 0.317 e. The Morgan fingerprint density at radius 1 is 1.29 bits per heavy atom. The van der Waals surface area contributed by atoms with E-state index in [4.69, 9.17) is 0 Å². The fourth-order valence-corrected chi connectivity index (χ4v) is 1.92. The summed E-state index contributed by atoms with van der Waals surface area (Å²) in [6, 6.07) is 0.737. The molecular weight excluding hydrogens is 174 g/mol. The Balaban J connectivity index is 2.04. The Hall–Kier alpha value is -0.120. The zero-order valence-corrected chi connectivity index (χ0v) is 9.68. The molecule has 14 heavy (non-hydrogen) atoms. The molecule has 0 aliphatic carbocycles. The van der Waals surface area contributed by atoms with Crippen LogP contribution in [-0.2, 0) is 0 Å². The Kier molecular flexibility index (Phi) is 6.15. The topological polar surface area (TPSA) is 27.3 Å². The molecule has 0 aromatic heterocycles. The molecule has 1 aliphatic rings. The van der Waals surface area contributed by atoms with Crippen LogP contribution in [0.5, 0.6) is 0 Å². The van der Waals surface area contributed by atoms with Gasteiger partial charge in [-0.25, -0.2) is 0 Å². The fourth-order valence-electron chi connectivity index (χ4n) is 1.92. The molecule has 1 heterocycles. The van der Waals surface area contributed by atoms with Gasteiger partial charge in [-0.15, -0.1) is 0 Å². The Morgan fingerprint density at radius 3 is 2.64 bits per heavy atom. The lowest BCUT2D eigenvalue weighted by molar-refractivity contribution is 0.176. The minimum absolute atomic E-state index is 0.737. The van der Waals surface area contributed by atoms with Crippen molar-refractivity contribution in [2.75, 3.05) is 39.3 Å². The van der Waals surface area contributed by atoms with E-state index in [0.29, 0.717) is 0 Å². The highest BCUT2D eigenvalue weighted by Gasteiger charge is 2.15. The van der Waals surface area contributed by atoms with Crippen molar-refractivity contribution in [1.29, 1.82) is 0 Å². The van der Waals surface area contributed by atoms with Gasteiger partial charge in [-0.3, -0.25) is 4.90 Å². The molecule has 1 atom stereocenters. The highest BCUT2D eigenvalue weighted by atomic mass is 15.2. The van der Waals surface area contributed by atoms with Crippen LogP contribution in [-0.4, -0.2) is 50.2 Å². The van der Waals surface area contributed by atoms with Crippen LogP contribution in [0.25, 0.3) is 0 Å².